The zero-order valence-corrected chi connectivity index (χ0v) is 16.7. The minimum absolute atomic E-state index is 0.124. The first kappa shape index (κ1) is 18.3. The zero-order chi connectivity index (χ0) is 20.0. The van der Waals surface area contributed by atoms with E-state index in [0.29, 0.717) is 35.4 Å². The number of hydrogen-bond donors (Lipinski definition) is 1. The van der Waals surface area contributed by atoms with Gasteiger partial charge in [0.1, 0.15) is 11.9 Å². The fraction of sp³-hybridized carbons (Fsp3) is 0.450. The highest BCUT2D eigenvalue weighted by Crippen LogP contribution is 2.46. The van der Waals surface area contributed by atoms with Crippen molar-refractivity contribution in [1.82, 2.24) is 14.8 Å². The topological polar surface area (TPSA) is 87.5 Å². The van der Waals surface area contributed by atoms with E-state index in [1.165, 1.54) is 0 Å². The average molecular weight is 384 g/mol. The van der Waals surface area contributed by atoms with Crippen LogP contribution < -0.4 is 19.5 Å². The molecule has 0 amide bonds. The molecular formula is C20H24N4O4. The van der Waals surface area contributed by atoms with E-state index in [1.807, 2.05) is 19.1 Å². The molecule has 2 atom stereocenters. The number of methoxy groups -OCH3 is 3. The molecule has 0 saturated heterocycles. The summed E-state index contributed by atoms with van der Waals surface area (Å²) in [5, 5.41) is 7.87. The number of ketones is 1. The fourth-order valence-corrected chi connectivity index (χ4v) is 4.08. The van der Waals surface area contributed by atoms with Crippen molar-refractivity contribution in [3.8, 4) is 17.2 Å². The first-order valence-electron chi connectivity index (χ1n) is 9.23. The summed E-state index contributed by atoms with van der Waals surface area (Å²) in [6.07, 6.45) is 1.32. The van der Waals surface area contributed by atoms with Crippen molar-refractivity contribution < 1.29 is 19.0 Å². The fourth-order valence-electron chi connectivity index (χ4n) is 4.08. The number of Topliss-reactive ketones (excluding diaryl/α,β-unsaturated/α-hetero) is 1. The summed E-state index contributed by atoms with van der Waals surface area (Å²) in [4.78, 5) is 17.5. The third-order valence-corrected chi connectivity index (χ3v) is 5.23. The zero-order valence-electron chi connectivity index (χ0n) is 16.7. The van der Waals surface area contributed by atoms with Gasteiger partial charge < -0.3 is 19.5 Å². The number of ether oxygens (including phenoxy) is 3. The lowest BCUT2D eigenvalue weighted by Gasteiger charge is -2.34. The summed E-state index contributed by atoms with van der Waals surface area (Å²) in [5.41, 5.74) is 2.48. The summed E-state index contributed by atoms with van der Waals surface area (Å²) in [6, 6.07) is 3.34. The number of anilines is 1. The van der Waals surface area contributed by atoms with Crippen LogP contribution in [0.25, 0.3) is 0 Å². The maximum Gasteiger partial charge on any atom is 0.226 e. The van der Waals surface area contributed by atoms with Crippen LogP contribution in [-0.4, -0.2) is 41.9 Å². The van der Waals surface area contributed by atoms with Crippen molar-refractivity contribution in [3.63, 3.8) is 0 Å². The van der Waals surface area contributed by atoms with Gasteiger partial charge in [-0.2, -0.15) is 10.1 Å². The van der Waals surface area contributed by atoms with Crippen molar-refractivity contribution in [2.24, 2.45) is 5.92 Å². The first-order chi connectivity index (χ1) is 13.5. The lowest BCUT2D eigenvalue weighted by Crippen LogP contribution is -2.33. The molecule has 1 aromatic heterocycles. The molecule has 1 aliphatic carbocycles. The number of benzene rings is 1. The van der Waals surface area contributed by atoms with E-state index in [0.717, 1.165) is 23.3 Å². The van der Waals surface area contributed by atoms with Crippen molar-refractivity contribution in [2.75, 3.05) is 26.6 Å². The monoisotopic (exact) mass is 384 g/mol. The molecule has 8 heteroatoms. The maximum absolute atomic E-state index is 13.0. The summed E-state index contributed by atoms with van der Waals surface area (Å²) in [6.45, 7) is 3.92. The number of fused-ring (bicyclic) bond motifs is 1. The molecule has 0 radical (unpaired) electrons. The lowest BCUT2D eigenvalue weighted by atomic mass is 9.81. The predicted molar refractivity (Wildman–Crippen MR) is 103 cm³/mol. The number of carbonyl (C=O) groups is 1. The summed E-state index contributed by atoms with van der Waals surface area (Å²) < 4.78 is 18.2. The van der Waals surface area contributed by atoms with Gasteiger partial charge in [-0.3, -0.25) is 4.79 Å². The second-order valence-corrected chi connectivity index (χ2v) is 7.24. The number of hydrogen-bond acceptors (Lipinski definition) is 7. The van der Waals surface area contributed by atoms with Gasteiger partial charge >= 0.3 is 0 Å². The van der Waals surface area contributed by atoms with Crippen LogP contribution in [0.4, 0.5) is 5.95 Å². The number of rotatable bonds is 4. The Balaban J connectivity index is 1.95. The number of carbonyl (C=O) groups excluding carboxylic acids is 1. The minimum atomic E-state index is -0.402. The average Bonchev–Trinajstić information content (AvgIpc) is 3.04. The third kappa shape index (κ3) is 2.80. The largest absolute Gasteiger partial charge is 0.493 e. The van der Waals surface area contributed by atoms with E-state index in [9.17, 15) is 4.79 Å². The molecular weight excluding hydrogens is 360 g/mol. The third-order valence-electron chi connectivity index (χ3n) is 5.23. The SMILES string of the molecule is COc1cc([C@H]2C3=C(C[C@@H](C)CC3=O)Nc3nc(C)nn32)cc(OC)c1OC. The number of nitrogens with one attached hydrogen (secondary N) is 1. The first-order valence-corrected chi connectivity index (χ1v) is 9.23. The van der Waals surface area contributed by atoms with Gasteiger partial charge in [-0.25, -0.2) is 4.68 Å². The number of aryl methyl sites for hydroxylation is 1. The van der Waals surface area contributed by atoms with Gasteiger partial charge in [-0.1, -0.05) is 6.92 Å². The van der Waals surface area contributed by atoms with E-state index in [2.05, 4.69) is 22.3 Å². The molecule has 0 saturated carbocycles. The van der Waals surface area contributed by atoms with Crippen LogP contribution in [0.1, 0.15) is 37.2 Å². The highest BCUT2D eigenvalue weighted by molar-refractivity contribution is 5.99. The minimum Gasteiger partial charge on any atom is -0.493 e. The molecule has 28 heavy (non-hydrogen) atoms. The molecule has 4 rings (SSSR count). The van der Waals surface area contributed by atoms with Gasteiger partial charge in [0.25, 0.3) is 0 Å². The highest BCUT2D eigenvalue weighted by Gasteiger charge is 2.39. The molecule has 2 aromatic rings. The van der Waals surface area contributed by atoms with Crippen molar-refractivity contribution >= 4 is 11.7 Å². The molecule has 0 unspecified atom stereocenters. The van der Waals surface area contributed by atoms with Gasteiger partial charge in [-0.15, -0.1) is 0 Å². The van der Waals surface area contributed by atoms with Gasteiger partial charge in [0.05, 0.1) is 21.3 Å². The van der Waals surface area contributed by atoms with Gasteiger partial charge in [0.2, 0.25) is 11.7 Å². The Morgan fingerprint density at radius 3 is 2.39 bits per heavy atom. The maximum atomic E-state index is 13.0. The molecule has 0 fully saturated rings. The Morgan fingerprint density at radius 1 is 1.11 bits per heavy atom. The predicted octanol–water partition coefficient (Wildman–Crippen LogP) is 2.88. The molecule has 1 aliphatic heterocycles. The normalized spacial score (nSPS) is 21.0. The van der Waals surface area contributed by atoms with Crippen LogP contribution in [0.2, 0.25) is 0 Å². The van der Waals surface area contributed by atoms with Gasteiger partial charge in [0.15, 0.2) is 17.3 Å². The Labute approximate surface area is 163 Å². The summed E-state index contributed by atoms with van der Waals surface area (Å²) >= 11 is 0. The Kier molecular flexibility index (Phi) is 4.49. The Hall–Kier alpha value is -3.03. The number of nitrogens with zero attached hydrogens (tertiary/aromatic N) is 3. The molecule has 2 heterocycles. The van der Waals surface area contributed by atoms with Crippen LogP contribution in [0.5, 0.6) is 17.2 Å². The van der Waals surface area contributed by atoms with E-state index in [4.69, 9.17) is 14.2 Å². The summed E-state index contributed by atoms with van der Waals surface area (Å²) in [7, 11) is 4.72. The van der Waals surface area contributed by atoms with E-state index in [1.54, 1.807) is 26.0 Å². The van der Waals surface area contributed by atoms with Crippen LogP contribution in [-0.2, 0) is 4.79 Å². The van der Waals surface area contributed by atoms with Crippen LogP contribution in [0, 0.1) is 12.8 Å². The highest BCUT2D eigenvalue weighted by atomic mass is 16.5. The van der Waals surface area contributed by atoms with Crippen LogP contribution in [0.15, 0.2) is 23.4 Å². The van der Waals surface area contributed by atoms with Crippen LogP contribution in [0.3, 0.4) is 0 Å². The quantitative estimate of drug-likeness (QED) is 0.867. The van der Waals surface area contributed by atoms with E-state index < -0.39 is 6.04 Å². The number of allylic oxidation sites excluding steroid dienone is 2. The molecule has 0 bridgehead atoms. The molecule has 1 aromatic carbocycles. The molecule has 1 N–H and O–H groups in total. The van der Waals surface area contributed by atoms with Gasteiger partial charge in [-0.05, 0) is 37.0 Å². The molecule has 2 aliphatic rings. The van der Waals surface area contributed by atoms with Crippen LogP contribution >= 0.6 is 0 Å². The standard InChI is InChI=1S/C20H24N4O4/c1-10-6-13-17(14(25)7-10)18(24-20(22-13)21-11(2)23-24)12-8-15(26-3)19(28-5)16(9-12)27-4/h8-10,18H,6-7H2,1-5H3,(H,21,22,23)/t10-,18+/m1/s1. The van der Waals surface area contributed by atoms with Crippen molar-refractivity contribution in [1.29, 1.82) is 0 Å². The second kappa shape index (κ2) is 6.85. The molecule has 148 valence electrons. The van der Waals surface area contributed by atoms with E-state index in [-0.39, 0.29) is 11.7 Å². The number of aromatic nitrogens is 3. The van der Waals surface area contributed by atoms with Gasteiger partial charge in [0, 0.05) is 17.7 Å². The smallest absolute Gasteiger partial charge is 0.226 e. The second-order valence-electron chi connectivity index (χ2n) is 7.24. The van der Waals surface area contributed by atoms with Crippen molar-refractivity contribution in [2.45, 2.75) is 32.7 Å². The Bertz CT molecular complexity index is 954. The molecule has 8 nitrogen and oxygen atoms in total. The van der Waals surface area contributed by atoms with E-state index >= 15 is 0 Å². The summed E-state index contributed by atoms with van der Waals surface area (Å²) in [5.74, 6) is 3.27. The van der Waals surface area contributed by atoms with Crippen molar-refractivity contribution in [3.05, 3.63) is 34.8 Å². The lowest BCUT2D eigenvalue weighted by molar-refractivity contribution is -0.117. The Morgan fingerprint density at radius 2 is 1.79 bits per heavy atom. The molecule has 0 spiro atoms.